The van der Waals surface area contributed by atoms with Crippen molar-refractivity contribution in [3.05, 3.63) is 41.7 Å². The summed E-state index contributed by atoms with van der Waals surface area (Å²) in [6.45, 7) is 3.50. The lowest BCUT2D eigenvalue weighted by atomic mass is 10.2. The summed E-state index contributed by atoms with van der Waals surface area (Å²) in [5.41, 5.74) is 1.93. The SMILES string of the molecule is CCC(=CCN(C)Cc1ccncc1)C(=O)OC. The van der Waals surface area contributed by atoms with Crippen molar-refractivity contribution in [1.82, 2.24) is 9.88 Å². The fraction of sp³-hybridized carbons (Fsp3) is 0.429. The number of ether oxygens (including phenoxy) is 1. The van der Waals surface area contributed by atoms with Crippen molar-refractivity contribution in [3.63, 3.8) is 0 Å². The largest absolute Gasteiger partial charge is 0.466 e. The van der Waals surface area contributed by atoms with Gasteiger partial charge in [0, 0.05) is 31.1 Å². The van der Waals surface area contributed by atoms with E-state index in [-0.39, 0.29) is 5.97 Å². The Morgan fingerprint density at radius 2 is 2.11 bits per heavy atom. The van der Waals surface area contributed by atoms with E-state index in [0.29, 0.717) is 6.42 Å². The van der Waals surface area contributed by atoms with E-state index >= 15 is 0 Å². The number of pyridine rings is 1. The van der Waals surface area contributed by atoms with Crippen LogP contribution in [-0.4, -0.2) is 36.6 Å². The van der Waals surface area contributed by atoms with Gasteiger partial charge < -0.3 is 4.74 Å². The summed E-state index contributed by atoms with van der Waals surface area (Å²) in [6.07, 6.45) is 6.18. The first kappa shape index (κ1) is 14.4. The molecule has 98 valence electrons. The summed E-state index contributed by atoms with van der Waals surface area (Å²) in [5, 5.41) is 0. The third-order valence-electron chi connectivity index (χ3n) is 2.68. The molecule has 0 aliphatic rings. The number of carbonyl (C=O) groups is 1. The number of methoxy groups -OCH3 is 1. The molecule has 4 nitrogen and oxygen atoms in total. The van der Waals surface area contributed by atoms with E-state index in [1.54, 1.807) is 12.4 Å². The third-order valence-corrected chi connectivity index (χ3v) is 2.68. The Labute approximate surface area is 108 Å². The van der Waals surface area contributed by atoms with E-state index in [0.717, 1.165) is 18.7 Å². The van der Waals surface area contributed by atoms with Gasteiger partial charge in [-0.15, -0.1) is 0 Å². The van der Waals surface area contributed by atoms with Gasteiger partial charge in [0.05, 0.1) is 7.11 Å². The van der Waals surface area contributed by atoms with Crippen LogP contribution < -0.4 is 0 Å². The molecule has 1 aromatic rings. The van der Waals surface area contributed by atoms with Crippen LogP contribution in [0.2, 0.25) is 0 Å². The smallest absolute Gasteiger partial charge is 0.333 e. The summed E-state index contributed by atoms with van der Waals surface area (Å²) >= 11 is 0. The second-order valence-electron chi connectivity index (χ2n) is 4.13. The summed E-state index contributed by atoms with van der Waals surface area (Å²) in [4.78, 5) is 17.5. The topological polar surface area (TPSA) is 42.4 Å². The van der Waals surface area contributed by atoms with Gasteiger partial charge in [-0.3, -0.25) is 9.88 Å². The minimum atomic E-state index is -0.241. The second-order valence-corrected chi connectivity index (χ2v) is 4.13. The Hall–Kier alpha value is -1.68. The van der Waals surface area contributed by atoms with Crippen molar-refractivity contribution in [2.24, 2.45) is 0 Å². The summed E-state index contributed by atoms with van der Waals surface area (Å²) in [6, 6.07) is 3.97. The maximum Gasteiger partial charge on any atom is 0.333 e. The molecule has 1 aromatic heterocycles. The van der Waals surface area contributed by atoms with E-state index < -0.39 is 0 Å². The number of nitrogens with zero attached hydrogens (tertiary/aromatic N) is 2. The fourth-order valence-electron chi connectivity index (χ4n) is 1.63. The molecule has 0 aliphatic heterocycles. The molecular weight excluding hydrogens is 228 g/mol. The van der Waals surface area contributed by atoms with Crippen LogP contribution >= 0.6 is 0 Å². The van der Waals surface area contributed by atoms with Gasteiger partial charge in [0.15, 0.2) is 0 Å². The molecule has 0 saturated carbocycles. The van der Waals surface area contributed by atoms with E-state index in [1.165, 1.54) is 12.7 Å². The number of carbonyl (C=O) groups excluding carboxylic acids is 1. The summed E-state index contributed by atoms with van der Waals surface area (Å²) in [5.74, 6) is -0.241. The van der Waals surface area contributed by atoms with Gasteiger partial charge in [-0.1, -0.05) is 13.0 Å². The van der Waals surface area contributed by atoms with Gasteiger partial charge in [0.2, 0.25) is 0 Å². The van der Waals surface area contributed by atoms with E-state index in [9.17, 15) is 4.79 Å². The van der Waals surface area contributed by atoms with Crippen molar-refractivity contribution in [3.8, 4) is 0 Å². The quantitative estimate of drug-likeness (QED) is 0.570. The predicted octanol–water partition coefficient (Wildman–Crippen LogP) is 2.02. The average Bonchev–Trinajstić information content (AvgIpc) is 2.40. The molecule has 0 bridgehead atoms. The van der Waals surface area contributed by atoms with E-state index in [2.05, 4.69) is 9.88 Å². The van der Waals surface area contributed by atoms with E-state index in [1.807, 2.05) is 32.2 Å². The maximum absolute atomic E-state index is 11.4. The van der Waals surface area contributed by atoms with Crippen molar-refractivity contribution in [2.75, 3.05) is 20.7 Å². The molecule has 0 aliphatic carbocycles. The van der Waals surface area contributed by atoms with Crippen LogP contribution in [0.5, 0.6) is 0 Å². The van der Waals surface area contributed by atoms with Crippen molar-refractivity contribution in [2.45, 2.75) is 19.9 Å². The van der Waals surface area contributed by atoms with Gasteiger partial charge in [-0.25, -0.2) is 4.79 Å². The highest BCUT2D eigenvalue weighted by atomic mass is 16.5. The fourth-order valence-corrected chi connectivity index (χ4v) is 1.63. The van der Waals surface area contributed by atoms with E-state index in [4.69, 9.17) is 4.74 Å². The lowest BCUT2D eigenvalue weighted by Crippen LogP contribution is -2.19. The van der Waals surface area contributed by atoms with Crippen molar-refractivity contribution >= 4 is 5.97 Å². The zero-order valence-electron chi connectivity index (χ0n) is 11.2. The first-order chi connectivity index (χ1) is 8.67. The number of esters is 1. The Balaban J connectivity index is 2.52. The number of aromatic nitrogens is 1. The molecule has 0 spiro atoms. The minimum Gasteiger partial charge on any atom is -0.466 e. The molecule has 1 rings (SSSR count). The highest BCUT2D eigenvalue weighted by Crippen LogP contribution is 2.05. The zero-order chi connectivity index (χ0) is 13.4. The number of hydrogen-bond acceptors (Lipinski definition) is 4. The molecule has 18 heavy (non-hydrogen) atoms. The van der Waals surface area contributed by atoms with Crippen LogP contribution in [0.25, 0.3) is 0 Å². The second kappa shape index (κ2) is 7.61. The monoisotopic (exact) mass is 248 g/mol. The molecule has 0 saturated heterocycles. The molecule has 0 atom stereocenters. The molecule has 0 N–H and O–H groups in total. The Morgan fingerprint density at radius 3 is 2.67 bits per heavy atom. The Bertz CT molecular complexity index is 402. The minimum absolute atomic E-state index is 0.241. The predicted molar refractivity (Wildman–Crippen MR) is 71.0 cm³/mol. The number of hydrogen-bond donors (Lipinski definition) is 0. The molecule has 4 heteroatoms. The Kier molecular flexibility index (Phi) is 6.08. The van der Waals surface area contributed by atoms with Crippen LogP contribution in [-0.2, 0) is 16.1 Å². The van der Waals surface area contributed by atoms with Crippen LogP contribution in [0.3, 0.4) is 0 Å². The summed E-state index contributed by atoms with van der Waals surface area (Å²) in [7, 11) is 3.42. The maximum atomic E-state index is 11.4. The molecular formula is C14H20N2O2. The van der Waals surface area contributed by atoms with Crippen molar-refractivity contribution < 1.29 is 9.53 Å². The lowest BCUT2D eigenvalue weighted by molar-refractivity contribution is -0.136. The molecule has 0 amide bonds. The van der Waals surface area contributed by atoms with Gasteiger partial charge in [-0.05, 0) is 31.2 Å². The third kappa shape index (κ3) is 4.67. The van der Waals surface area contributed by atoms with Crippen molar-refractivity contribution in [1.29, 1.82) is 0 Å². The number of rotatable bonds is 6. The first-order valence-electron chi connectivity index (χ1n) is 6.02. The Morgan fingerprint density at radius 1 is 1.44 bits per heavy atom. The molecule has 1 heterocycles. The first-order valence-corrected chi connectivity index (χ1v) is 6.02. The highest BCUT2D eigenvalue weighted by molar-refractivity contribution is 5.88. The molecule has 0 fully saturated rings. The van der Waals surface area contributed by atoms with Gasteiger partial charge >= 0.3 is 5.97 Å². The molecule has 0 aromatic carbocycles. The standard InChI is InChI=1S/C14H20N2O2/c1-4-13(14(17)18-3)7-10-16(2)11-12-5-8-15-9-6-12/h5-9H,4,10-11H2,1-3H3. The zero-order valence-corrected chi connectivity index (χ0v) is 11.2. The van der Waals surface area contributed by atoms with Crippen LogP contribution in [0.15, 0.2) is 36.2 Å². The van der Waals surface area contributed by atoms with Crippen LogP contribution in [0.4, 0.5) is 0 Å². The van der Waals surface area contributed by atoms with Gasteiger partial charge in [0.25, 0.3) is 0 Å². The molecule has 0 radical (unpaired) electrons. The van der Waals surface area contributed by atoms with Gasteiger partial charge in [0.1, 0.15) is 0 Å². The highest BCUT2D eigenvalue weighted by Gasteiger charge is 2.07. The average molecular weight is 248 g/mol. The normalized spacial score (nSPS) is 11.7. The summed E-state index contributed by atoms with van der Waals surface area (Å²) < 4.78 is 4.72. The van der Waals surface area contributed by atoms with Crippen LogP contribution in [0, 0.1) is 0 Å². The van der Waals surface area contributed by atoms with Gasteiger partial charge in [-0.2, -0.15) is 0 Å². The van der Waals surface area contributed by atoms with Crippen LogP contribution in [0.1, 0.15) is 18.9 Å². The lowest BCUT2D eigenvalue weighted by Gasteiger charge is -2.14. The molecule has 0 unspecified atom stereocenters. The number of likely N-dealkylation sites (N-methyl/N-ethyl adjacent to an activating group) is 1.